The fourth-order valence-corrected chi connectivity index (χ4v) is 8.61. The Bertz CT molecular complexity index is 2820. The van der Waals surface area contributed by atoms with Crippen molar-refractivity contribution < 1.29 is 0 Å². The molecule has 0 radical (unpaired) electrons. The molecule has 0 saturated heterocycles. The largest absolute Gasteiger partial charge is 0.294 e. The molecule has 3 heterocycles. The van der Waals surface area contributed by atoms with Crippen LogP contribution in [0.2, 0.25) is 0 Å². The van der Waals surface area contributed by atoms with Gasteiger partial charge in [0.05, 0.1) is 16.6 Å². The first-order chi connectivity index (χ1) is 23.8. The lowest BCUT2D eigenvalue weighted by molar-refractivity contribution is 1.10. The zero-order chi connectivity index (χ0) is 31.6. The Balaban J connectivity index is 1.17. The van der Waals surface area contributed by atoms with E-state index in [1.165, 1.54) is 75.4 Å². The monoisotopic (exact) mass is 628 g/mol. The number of rotatable bonds is 4. The van der Waals surface area contributed by atoms with Crippen LogP contribution in [0.15, 0.2) is 170 Å². The lowest BCUT2D eigenvalue weighted by Crippen LogP contribution is -1.99. The van der Waals surface area contributed by atoms with Crippen LogP contribution in [0.1, 0.15) is 0 Å². The number of thiophene rings is 1. The summed E-state index contributed by atoms with van der Waals surface area (Å²) in [6, 6.07) is 61.2. The number of para-hydroxylation sites is 2. The van der Waals surface area contributed by atoms with Crippen LogP contribution in [0, 0.1) is 0 Å². The van der Waals surface area contributed by atoms with Gasteiger partial charge in [0, 0.05) is 36.3 Å². The van der Waals surface area contributed by atoms with Gasteiger partial charge in [-0.2, -0.15) is 0 Å². The predicted octanol–water partition coefficient (Wildman–Crippen LogP) is 12.7. The molecule has 0 fully saturated rings. The van der Waals surface area contributed by atoms with Gasteiger partial charge in [-0.3, -0.25) is 4.57 Å². The SMILES string of the molecule is c1ccc(-c2ccc(-c3cccc(-c4cc(-n5c6ccccc6c6c7sc8ccccc8c7ccc65)nc5ccccc45)c3)cc2)cc1. The maximum Gasteiger partial charge on any atom is 0.138 e. The van der Waals surface area contributed by atoms with Gasteiger partial charge in [-0.25, -0.2) is 4.98 Å². The molecule has 0 aliphatic carbocycles. The highest BCUT2D eigenvalue weighted by Gasteiger charge is 2.19. The van der Waals surface area contributed by atoms with Gasteiger partial charge in [0.1, 0.15) is 5.82 Å². The van der Waals surface area contributed by atoms with Crippen LogP contribution in [0.4, 0.5) is 0 Å². The summed E-state index contributed by atoms with van der Waals surface area (Å²) in [4.78, 5) is 5.31. The van der Waals surface area contributed by atoms with Crippen LogP contribution in [0.5, 0.6) is 0 Å². The maximum absolute atomic E-state index is 5.31. The first-order valence-corrected chi connectivity index (χ1v) is 17.1. The molecule has 3 aromatic heterocycles. The van der Waals surface area contributed by atoms with Crippen LogP contribution < -0.4 is 0 Å². The molecule has 0 N–H and O–H groups in total. The third kappa shape index (κ3) is 4.22. The van der Waals surface area contributed by atoms with Crippen LogP contribution >= 0.6 is 11.3 Å². The summed E-state index contributed by atoms with van der Waals surface area (Å²) < 4.78 is 5.00. The van der Waals surface area contributed by atoms with Crippen molar-refractivity contribution in [2.45, 2.75) is 0 Å². The Morgan fingerprint density at radius 3 is 1.92 bits per heavy atom. The number of fused-ring (bicyclic) bond motifs is 8. The van der Waals surface area contributed by atoms with Gasteiger partial charge in [0.15, 0.2) is 0 Å². The summed E-state index contributed by atoms with van der Waals surface area (Å²) in [5.74, 6) is 0.924. The molecular weight excluding hydrogens is 601 g/mol. The first-order valence-electron chi connectivity index (χ1n) is 16.3. The highest BCUT2D eigenvalue weighted by atomic mass is 32.1. The summed E-state index contributed by atoms with van der Waals surface area (Å²) >= 11 is 1.88. The fourth-order valence-electron chi connectivity index (χ4n) is 7.35. The van der Waals surface area contributed by atoms with E-state index in [0.717, 1.165) is 16.7 Å². The molecule has 48 heavy (non-hydrogen) atoms. The van der Waals surface area contributed by atoms with Gasteiger partial charge in [-0.15, -0.1) is 11.3 Å². The number of hydrogen-bond acceptors (Lipinski definition) is 2. The van der Waals surface area contributed by atoms with E-state index >= 15 is 0 Å². The predicted molar refractivity (Wildman–Crippen MR) is 205 cm³/mol. The molecule has 224 valence electrons. The van der Waals surface area contributed by atoms with Crippen molar-refractivity contribution in [3.63, 3.8) is 0 Å². The summed E-state index contributed by atoms with van der Waals surface area (Å²) in [6.45, 7) is 0. The Morgan fingerprint density at radius 1 is 0.417 bits per heavy atom. The van der Waals surface area contributed by atoms with Crippen molar-refractivity contribution in [1.29, 1.82) is 0 Å². The smallest absolute Gasteiger partial charge is 0.138 e. The van der Waals surface area contributed by atoms with Gasteiger partial charge in [-0.1, -0.05) is 133 Å². The van der Waals surface area contributed by atoms with Crippen LogP contribution in [0.3, 0.4) is 0 Å². The molecule has 0 saturated carbocycles. The molecule has 0 aliphatic rings. The number of benzene rings is 7. The summed E-state index contributed by atoms with van der Waals surface area (Å²) in [7, 11) is 0. The van der Waals surface area contributed by atoms with Crippen molar-refractivity contribution in [3.8, 4) is 39.2 Å². The molecule has 0 aliphatic heterocycles. The fraction of sp³-hybridized carbons (Fsp3) is 0. The van der Waals surface area contributed by atoms with Crippen molar-refractivity contribution in [2.75, 3.05) is 0 Å². The summed E-state index contributed by atoms with van der Waals surface area (Å²) in [5.41, 5.74) is 10.5. The normalized spacial score (nSPS) is 11.8. The minimum absolute atomic E-state index is 0.924. The van der Waals surface area contributed by atoms with Gasteiger partial charge >= 0.3 is 0 Å². The van der Waals surface area contributed by atoms with Gasteiger partial charge < -0.3 is 0 Å². The van der Waals surface area contributed by atoms with E-state index in [1.54, 1.807) is 0 Å². The average molecular weight is 629 g/mol. The second-order valence-electron chi connectivity index (χ2n) is 12.4. The molecule has 0 amide bonds. The molecule has 0 spiro atoms. The lowest BCUT2D eigenvalue weighted by atomic mass is 9.95. The molecule has 10 rings (SSSR count). The van der Waals surface area contributed by atoms with E-state index in [0.29, 0.717) is 0 Å². The van der Waals surface area contributed by atoms with E-state index < -0.39 is 0 Å². The van der Waals surface area contributed by atoms with Gasteiger partial charge in [0.2, 0.25) is 0 Å². The zero-order valence-electron chi connectivity index (χ0n) is 26.0. The Kier molecular flexibility index (Phi) is 6.08. The van der Waals surface area contributed by atoms with E-state index in [-0.39, 0.29) is 0 Å². The average Bonchev–Trinajstić information content (AvgIpc) is 3.71. The highest BCUT2D eigenvalue weighted by molar-refractivity contribution is 7.26. The lowest BCUT2D eigenvalue weighted by Gasteiger charge is -2.14. The second-order valence-corrected chi connectivity index (χ2v) is 13.4. The topological polar surface area (TPSA) is 17.8 Å². The highest BCUT2D eigenvalue weighted by Crippen LogP contribution is 2.43. The number of aromatic nitrogens is 2. The van der Waals surface area contributed by atoms with E-state index in [1.807, 2.05) is 11.3 Å². The Hall–Kier alpha value is -6.03. The Morgan fingerprint density at radius 2 is 1.06 bits per heavy atom. The maximum atomic E-state index is 5.31. The zero-order valence-corrected chi connectivity index (χ0v) is 26.8. The van der Waals surface area contributed by atoms with Crippen molar-refractivity contribution in [1.82, 2.24) is 9.55 Å². The molecule has 0 atom stereocenters. The van der Waals surface area contributed by atoms with Gasteiger partial charge in [0.25, 0.3) is 0 Å². The molecule has 3 heteroatoms. The van der Waals surface area contributed by atoms with Gasteiger partial charge in [-0.05, 0) is 69.8 Å². The van der Waals surface area contributed by atoms with E-state index in [4.69, 9.17) is 4.98 Å². The van der Waals surface area contributed by atoms with Crippen molar-refractivity contribution in [3.05, 3.63) is 170 Å². The molecule has 0 unspecified atom stereocenters. The third-order valence-corrected chi connectivity index (χ3v) is 10.8. The molecule has 7 aromatic carbocycles. The van der Waals surface area contributed by atoms with E-state index in [9.17, 15) is 0 Å². The quantitative estimate of drug-likeness (QED) is 0.190. The minimum atomic E-state index is 0.924. The van der Waals surface area contributed by atoms with Crippen LogP contribution in [-0.2, 0) is 0 Å². The second kappa shape index (κ2) is 10.8. The molecule has 10 aromatic rings. The van der Waals surface area contributed by atoms with Crippen molar-refractivity contribution >= 4 is 64.2 Å². The molecular formula is C45H28N2S. The molecule has 0 bridgehead atoms. The van der Waals surface area contributed by atoms with Crippen LogP contribution in [0.25, 0.3) is 92.1 Å². The first kappa shape index (κ1) is 27.1. The van der Waals surface area contributed by atoms with Crippen molar-refractivity contribution in [2.24, 2.45) is 0 Å². The minimum Gasteiger partial charge on any atom is -0.294 e. The standard InChI is InChI=1S/C45H28N2S/c1-2-11-29(12-3-1)30-21-23-31(24-22-30)32-13-10-14-33(27-32)38-28-43(46-39-18-7-4-15-34(38)39)47-40-19-8-5-17-37(40)44-41(47)26-25-36-35-16-6-9-20-42(35)48-45(36)44/h1-28H. The summed E-state index contributed by atoms with van der Waals surface area (Å²) in [6.07, 6.45) is 0. The Labute approximate surface area is 281 Å². The summed E-state index contributed by atoms with van der Waals surface area (Å²) in [5, 5.41) is 6.32. The third-order valence-electron chi connectivity index (χ3n) is 9.61. The van der Waals surface area contributed by atoms with Crippen LogP contribution in [-0.4, -0.2) is 9.55 Å². The van der Waals surface area contributed by atoms with E-state index in [2.05, 4.69) is 174 Å². The number of hydrogen-bond donors (Lipinski definition) is 0. The molecule has 2 nitrogen and oxygen atoms in total. The number of pyridine rings is 1. The number of nitrogens with zero attached hydrogens (tertiary/aromatic N) is 2.